The lowest BCUT2D eigenvalue weighted by Gasteiger charge is -2.18. The van der Waals surface area contributed by atoms with Gasteiger partial charge >= 0.3 is 17.9 Å². The standard InChI is InChI=1S/C74H130O6/c1-4-7-10-13-16-19-22-25-27-29-31-32-33-34-35-36-37-38-39-40-41-42-43-45-46-49-52-55-58-61-64-67-73(76)79-70-71(69-78-72(75)66-63-60-57-54-51-48-24-21-18-15-12-9-6-3)80-74(77)68-65-62-59-56-53-50-47-44-30-28-26-23-20-17-14-11-8-5-2/h12,15,20-25,28-31,33-34,71H,4-11,13-14,16-19,26-27,32,35-70H2,1-3H3/b15-12-,23-20-,24-21-,25-22-,30-28-,31-29-,34-33-. The third kappa shape index (κ3) is 65.4. The lowest BCUT2D eigenvalue weighted by Crippen LogP contribution is -2.30. The van der Waals surface area contributed by atoms with Gasteiger partial charge in [0, 0.05) is 19.3 Å². The Kier molecular flexibility index (Phi) is 65.2. The van der Waals surface area contributed by atoms with Gasteiger partial charge in [-0.15, -0.1) is 0 Å². The van der Waals surface area contributed by atoms with Crippen LogP contribution in [-0.4, -0.2) is 37.2 Å². The van der Waals surface area contributed by atoms with Crippen LogP contribution in [0.15, 0.2) is 85.1 Å². The minimum absolute atomic E-state index is 0.0822. The summed E-state index contributed by atoms with van der Waals surface area (Å²) >= 11 is 0. The van der Waals surface area contributed by atoms with Crippen LogP contribution in [0.25, 0.3) is 0 Å². The number of hydrogen-bond donors (Lipinski definition) is 0. The Labute approximate surface area is 496 Å². The molecule has 0 amide bonds. The van der Waals surface area contributed by atoms with Crippen LogP contribution in [0.4, 0.5) is 0 Å². The summed E-state index contributed by atoms with van der Waals surface area (Å²) in [5, 5.41) is 0. The highest BCUT2D eigenvalue weighted by atomic mass is 16.6. The van der Waals surface area contributed by atoms with Crippen LogP contribution >= 0.6 is 0 Å². The van der Waals surface area contributed by atoms with Crippen LogP contribution in [0.5, 0.6) is 0 Å². The summed E-state index contributed by atoms with van der Waals surface area (Å²) < 4.78 is 16.9. The third-order valence-electron chi connectivity index (χ3n) is 15.1. The van der Waals surface area contributed by atoms with E-state index in [9.17, 15) is 14.4 Å². The lowest BCUT2D eigenvalue weighted by atomic mass is 10.0. The molecule has 0 radical (unpaired) electrons. The fourth-order valence-corrected chi connectivity index (χ4v) is 9.87. The quantitative estimate of drug-likeness (QED) is 0.0261. The molecule has 0 saturated heterocycles. The maximum absolute atomic E-state index is 12.9. The molecule has 0 aliphatic heterocycles. The Bertz CT molecular complexity index is 1520. The molecule has 0 saturated carbocycles. The van der Waals surface area contributed by atoms with Crippen molar-refractivity contribution in [3.8, 4) is 0 Å². The molecular formula is C74H130O6. The average Bonchev–Trinajstić information content (AvgIpc) is 3.46. The van der Waals surface area contributed by atoms with E-state index in [0.717, 1.165) is 109 Å². The highest BCUT2D eigenvalue weighted by Crippen LogP contribution is 2.17. The molecule has 0 bridgehead atoms. The Balaban J connectivity index is 4.21. The molecule has 0 rings (SSSR count). The maximum Gasteiger partial charge on any atom is 0.306 e. The van der Waals surface area contributed by atoms with Gasteiger partial charge in [0.05, 0.1) is 0 Å². The van der Waals surface area contributed by atoms with E-state index in [1.807, 2.05) is 0 Å². The summed E-state index contributed by atoms with van der Waals surface area (Å²) in [4.78, 5) is 38.3. The van der Waals surface area contributed by atoms with Gasteiger partial charge in [-0.25, -0.2) is 0 Å². The molecule has 0 aliphatic rings. The molecule has 0 aromatic rings. The van der Waals surface area contributed by atoms with E-state index in [1.165, 1.54) is 199 Å². The van der Waals surface area contributed by atoms with Gasteiger partial charge in [-0.05, 0) is 116 Å². The van der Waals surface area contributed by atoms with Crippen molar-refractivity contribution in [2.75, 3.05) is 13.2 Å². The van der Waals surface area contributed by atoms with E-state index in [1.54, 1.807) is 0 Å². The van der Waals surface area contributed by atoms with E-state index < -0.39 is 6.10 Å². The van der Waals surface area contributed by atoms with Gasteiger partial charge in [0.1, 0.15) is 13.2 Å². The summed E-state index contributed by atoms with van der Waals surface area (Å²) in [6, 6.07) is 0. The molecule has 6 heteroatoms. The van der Waals surface area contributed by atoms with Crippen molar-refractivity contribution in [3.05, 3.63) is 85.1 Å². The zero-order valence-electron chi connectivity index (χ0n) is 53.1. The van der Waals surface area contributed by atoms with Crippen molar-refractivity contribution in [1.82, 2.24) is 0 Å². The first-order chi connectivity index (χ1) is 39.5. The Hall–Kier alpha value is -3.41. The number of esters is 3. The van der Waals surface area contributed by atoms with Crippen LogP contribution in [0.2, 0.25) is 0 Å². The Morgan fingerprint density at radius 3 is 0.762 bits per heavy atom. The number of allylic oxidation sites excluding steroid dienone is 14. The third-order valence-corrected chi connectivity index (χ3v) is 15.1. The average molecular weight is 1120 g/mol. The second-order valence-corrected chi connectivity index (χ2v) is 23.1. The van der Waals surface area contributed by atoms with Crippen molar-refractivity contribution >= 4 is 17.9 Å². The van der Waals surface area contributed by atoms with Gasteiger partial charge in [-0.2, -0.15) is 0 Å². The molecule has 0 aromatic heterocycles. The smallest absolute Gasteiger partial charge is 0.306 e. The predicted molar refractivity (Wildman–Crippen MR) is 348 cm³/mol. The second kappa shape index (κ2) is 68.1. The minimum Gasteiger partial charge on any atom is -0.462 e. The molecule has 1 unspecified atom stereocenters. The van der Waals surface area contributed by atoms with Gasteiger partial charge in [-0.3, -0.25) is 14.4 Å². The van der Waals surface area contributed by atoms with Gasteiger partial charge in [-0.1, -0.05) is 298 Å². The van der Waals surface area contributed by atoms with Crippen LogP contribution < -0.4 is 0 Å². The molecule has 0 N–H and O–H groups in total. The highest BCUT2D eigenvalue weighted by Gasteiger charge is 2.19. The van der Waals surface area contributed by atoms with Gasteiger partial charge in [0.15, 0.2) is 6.10 Å². The maximum atomic E-state index is 12.9. The van der Waals surface area contributed by atoms with Crippen LogP contribution in [0, 0.1) is 0 Å². The fourth-order valence-electron chi connectivity index (χ4n) is 9.87. The summed E-state index contributed by atoms with van der Waals surface area (Å²) in [5.74, 6) is -0.890. The molecular weight excluding hydrogens is 985 g/mol. The van der Waals surface area contributed by atoms with E-state index in [2.05, 4.69) is 106 Å². The summed E-state index contributed by atoms with van der Waals surface area (Å²) in [7, 11) is 0. The molecule has 1 atom stereocenters. The first-order valence-corrected chi connectivity index (χ1v) is 34.6. The zero-order valence-corrected chi connectivity index (χ0v) is 53.1. The van der Waals surface area contributed by atoms with Crippen LogP contribution in [0.3, 0.4) is 0 Å². The van der Waals surface area contributed by atoms with Crippen molar-refractivity contribution in [2.24, 2.45) is 0 Å². The monoisotopic (exact) mass is 1110 g/mol. The second-order valence-electron chi connectivity index (χ2n) is 23.1. The molecule has 0 aromatic carbocycles. The van der Waals surface area contributed by atoms with Gasteiger partial charge in [0.25, 0.3) is 0 Å². The van der Waals surface area contributed by atoms with Crippen molar-refractivity contribution in [2.45, 2.75) is 354 Å². The van der Waals surface area contributed by atoms with E-state index in [0.29, 0.717) is 19.3 Å². The molecule has 80 heavy (non-hydrogen) atoms. The minimum atomic E-state index is -0.787. The topological polar surface area (TPSA) is 78.9 Å². The number of rotatable bonds is 63. The Morgan fingerprint density at radius 2 is 0.475 bits per heavy atom. The number of unbranched alkanes of at least 4 members (excludes halogenated alkanes) is 38. The number of carbonyl (C=O) groups is 3. The highest BCUT2D eigenvalue weighted by molar-refractivity contribution is 5.71. The number of carbonyl (C=O) groups excluding carboxylic acids is 3. The lowest BCUT2D eigenvalue weighted by molar-refractivity contribution is -0.167. The molecule has 0 spiro atoms. The largest absolute Gasteiger partial charge is 0.462 e. The molecule has 462 valence electrons. The molecule has 0 fully saturated rings. The van der Waals surface area contributed by atoms with Crippen LogP contribution in [0.1, 0.15) is 348 Å². The van der Waals surface area contributed by atoms with Crippen molar-refractivity contribution in [3.63, 3.8) is 0 Å². The molecule has 0 aliphatic carbocycles. The SMILES string of the molecule is CCC/C=C\C/C=C\CCCCCCCC(=O)OCC(COC(=O)CCCCCCCCCCCCCCCCCC/C=C\C/C=C\C/C=C\CCCCCCC)OC(=O)CCCCCCCCC/C=C\C/C=C\CCCCCC. The van der Waals surface area contributed by atoms with Crippen molar-refractivity contribution in [1.29, 1.82) is 0 Å². The molecule has 0 heterocycles. The van der Waals surface area contributed by atoms with Gasteiger partial charge < -0.3 is 14.2 Å². The van der Waals surface area contributed by atoms with Crippen molar-refractivity contribution < 1.29 is 28.6 Å². The van der Waals surface area contributed by atoms with Crippen LogP contribution in [-0.2, 0) is 28.6 Å². The number of hydrogen-bond acceptors (Lipinski definition) is 6. The first kappa shape index (κ1) is 76.6. The summed E-state index contributed by atoms with van der Waals surface area (Å²) in [6.45, 7) is 6.57. The van der Waals surface area contributed by atoms with E-state index in [-0.39, 0.29) is 31.1 Å². The zero-order chi connectivity index (χ0) is 57.8. The van der Waals surface area contributed by atoms with E-state index >= 15 is 0 Å². The fraction of sp³-hybridized carbons (Fsp3) is 0.770. The van der Waals surface area contributed by atoms with Gasteiger partial charge in [0.2, 0.25) is 0 Å². The Morgan fingerprint density at radius 1 is 0.250 bits per heavy atom. The normalized spacial score (nSPS) is 12.6. The summed E-state index contributed by atoms with van der Waals surface area (Å²) in [5.41, 5.74) is 0. The van der Waals surface area contributed by atoms with E-state index in [4.69, 9.17) is 14.2 Å². The molecule has 6 nitrogen and oxygen atoms in total. The number of ether oxygens (including phenoxy) is 3. The predicted octanol–water partition coefficient (Wildman–Crippen LogP) is 23.8. The first-order valence-electron chi connectivity index (χ1n) is 34.6. The summed E-state index contributed by atoms with van der Waals surface area (Å²) in [6.07, 6.45) is 90.4.